The summed E-state index contributed by atoms with van der Waals surface area (Å²) in [6, 6.07) is 7.11. The highest BCUT2D eigenvalue weighted by Gasteiger charge is 2.16. The lowest BCUT2D eigenvalue weighted by Gasteiger charge is -2.19. The molecule has 0 aliphatic carbocycles. The number of hydrogen-bond donors (Lipinski definition) is 1. The zero-order valence-corrected chi connectivity index (χ0v) is 12.3. The summed E-state index contributed by atoms with van der Waals surface area (Å²) >= 11 is 6.06. The lowest BCUT2D eigenvalue weighted by molar-refractivity contribution is 0.0770. The third kappa shape index (κ3) is 3.26. The number of hydrogen-bond acceptors (Lipinski definition) is 3. The van der Waals surface area contributed by atoms with Crippen LogP contribution < -0.4 is 0 Å². The van der Waals surface area contributed by atoms with Gasteiger partial charge in [-0.2, -0.15) is 0 Å². The molecule has 106 valence electrons. The second-order valence-electron chi connectivity index (χ2n) is 4.89. The van der Waals surface area contributed by atoms with Gasteiger partial charge in [0.05, 0.1) is 17.2 Å². The molecule has 20 heavy (non-hydrogen) atoms. The van der Waals surface area contributed by atoms with Crippen molar-refractivity contribution in [2.45, 2.75) is 19.4 Å². The molecule has 1 heterocycles. The van der Waals surface area contributed by atoms with E-state index in [0.717, 1.165) is 5.39 Å². The van der Waals surface area contributed by atoms with E-state index in [1.165, 1.54) is 0 Å². The van der Waals surface area contributed by atoms with E-state index < -0.39 is 6.10 Å². The van der Waals surface area contributed by atoms with Crippen molar-refractivity contribution in [1.82, 2.24) is 9.88 Å². The molecule has 1 aromatic carbocycles. The highest BCUT2D eigenvalue weighted by atomic mass is 35.5. The zero-order valence-electron chi connectivity index (χ0n) is 11.5. The molecular formula is C15H17ClN2O2. The van der Waals surface area contributed by atoms with Crippen LogP contribution in [0.1, 0.15) is 23.7 Å². The molecule has 0 saturated heterocycles. The molecule has 1 N–H and O–H groups in total. The van der Waals surface area contributed by atoms with Crippen LogP contribution in [0.15, 0.2) is 30.5 Å². The number of aromatic nitrogens is 1. The van der Waals surface area contributed by atoms with Gasteiger partial charge in [-0.15, -0.1) is 0 Å². The number of carbonyl (C=O) groups is 1. The van der Waals surface area contributed by atoms with Crippen molar-refractivity contribution in [2.75, 3.05) is 13.6 Å². The van der Waals surface area contributed by atoms with Crippen LogP contribution in [0, 0.1) is 0 Å². The van der Waals surface area contributed by atoms with E-state index in [1.54, 1.807) is 37.2 Å². The van der Waals surface area contributed by atoms with Crippen LogP contribution >= 0.6 is 11.6 Å². The number of aliphatic hydroxyl groups excluding tert-OH is 1. The number of amides is 1. The van der Waals surface area contributed by atoms with E-state index in [1.807, 2.05) is 12.1 Å². The molecule has 5 heteroatoms. The first-order chi connectivity index (χ1) is 9.49. The molecule has 0 aliphatic heterocycles. The Morgan fingerprint density at radius 2 is 2.25 bits per heavy atom. The molecule has 0 radical (unpaired) electrons. The van der Waals surface area contributed by atoms with Crippen LogP contribution in [0.25, 0.3) is 10.9 Å². The molecule has 1 atom stereocenters. The standard InChI is InChI=1S/C15H17ClN2O2/c1-10(19)5-7-18(2)15(20)13-9-12(16)8-11-4-3-6-17-14(11)13/h3-4,6,8-10,19H,5,7H2,1-2H3. The predicted molar refractivity (Wildman–Crippen MR) is 80.0 cm³/mol. The number of benzene rings is 1. The SMILES string of the molecule is CC(O)CCN(C)C(=O)c1cc(Cl)cc2cccnc12. The first-order valence-corrected chi connectivity index (χ1v) is 6.84. The summed E-state index contributed by atoms with van der Waals surface area (Å²) in [4.78, 5) is 18.3. The van der Waals surface area contributed by atoms with Crippen LogP contribution in [0.2, 0.25) is 5.02 Å². The second-order valence-corrected chi connectivity index (χ2v) is 5.33. The molecule has 4 nitrogen and oxygen atoms in total. The van der Waals surface area contributed by atoms with Gasteiger partial charge in [-0.1, -0.05) is 17.7 Å². The highest BCUT2D eigenvalue weighted by molar-refractivity contribution is 6.32. The Labute approximate surface area is 123 Å². The summed E-state index contributed by atoms with van der Waals surface area (Å²) in [6.45, 7) is 2.19. The first-order valence-electron chi connectivity index (χ1n) is 6.47. The minimum absolute atomic E-state index is 0.142. The van der Waals surface area contributed by atoms with Gasteiger partial charge in [0.2, 0.25) is 0 Å². The molecular weight excluding hydrogens is 276 g/mol. The van der Waals surface area contributed by atoms with Gasteiger partial charge in [0.25, 0.3) is 5.91 Å². The number of fused-ring (bicyclic) bond motifs is 1. The molecule has 0 bridgehead atoms. The van der Waals surface area contributed by atoms with E-state index in [2.05, 4.69) is 4.98 Å². The fourth-order valence-corrected chi connectivity index (χ4v) is 2.23. The fourth-order valence-electron chi connectivity index (χ4n) is 2.01. The van der Waals surface area contributed by atoms with Crippen LogP contribution in [0.5, 0.6) is 0 Å². The summed E-state index contributed by atoms with van der Waals surface area (Å²) in [6.07, 6.45) is 1.76. The minimum Gasteiger partial charge on any atom is -0.393 e. The Kier molecular flexibility index (Phi) is 4.57. The molecule has 0 fully saturated rings. The van der Waals surface area contributed by atoms with E-state index in [4.69, 9.17) is 11.6 Å². The van der Waals surface area contributed by atoms with Gasteiger partial charge >= 0.3 is 0 Å². The number of carbonyl (C=O) groups excluding carboxylic acids is 1. The van der Waals surface area contributed by atoms with Crippen LogP contribution in [0.4, 0.5) is 0 Å². The molecule has 1 unspecified atom stereocenters. The lowest BCUT2D eigenvalue weighted by Crippen LogP contribution is -2.29. The second kappa shape index (κ2) is 6.20. The smallest absolute Gasteiger partial charge is 0.255 e. The quantitative estimate of drug-likeness (QED) is 0.943. The van der Waals surface area contributed by atoms with Crippen molar-refractivity contribution in [1.29, 1.82) is 0 Å². The van der Waals surface area contributed by atoms with Crippen molar-refractivity contribution >= 4 is 28.4 Å². The van der Waals surface area contributed by atoms with Crippen molar-refractivity contribution in [3.63, 3.8) is 0 Å². The molecule has 1 aromatic heterocycles. The van der Waals surface area contributed by atoms with E-state index in [9.17, 15) is 9.90 Å². The highest BCUT2D eigenvalue weighted by Crippen LogP contribution is 2.23. The number of nitrogens with zero attached hydrogens (tertiary/aromatic N) is 2. The zero-order chi connectivity index (χ0) is 14.7. The summed E-state index contributed by atoms with van der Waals surface area (Å²) < 4.78 is 0. The molecule has 0 spiro atoms. The topological polar surface area (TPSA) is 53.4 Å². The van der Waals surface area contributed by atoms with E-state index in [-0.39, 0.29) is 5.91 Å². The summed E-state index contributed by atoms with van der Waals surface area (Å²) in [5.41, 5.74) is 1.13. The maximum atomic E-state index is 12.5. The summed E-state index contributed by atoms with van der Waals surface area (Å²) in [5, 5.41) is 10.6. The fraction of sp³-hybridized carbons (Fsp3) is 0.333. The van der Waals surface area contributed by atoms with E-state index >= 15 is 0 Å². The third-order valence-electron chi connectivity index (χ3n) is 3.13. The molecule has 2 aromatic rings. The van der Waals surface area contributed by atoms with Crippen molar-refractivity contribution in [3.8, 4) is 0 Å². The van der Waals surface area contributed by atoms with Gasteiger partial charge in [0.15, 0.2) is 0 Å². The minimum atomic E-state index is -0.431. The Morgan fingerprint density at radius 3 is 2.95 bits per heavy atom. The Bertz CT molecular complexity index is 628. The van der Waals surface area contributed by atoms with Gasteiger partial charge in [0, 0.05) is 30.2 Å². The van der Waals surface area contributed by atoms with Gasteiger partial charge in [0.1, 0.15) is 0 Å². The van der Waals surface area contributed by atoms with Gasteiger partial charge in [-0.25, -0.2) is 0 Å². The Morgan fingerprint density at radius 1 is 1.50 bits per heavy atom. The lowest BCUT2D eigenvalue weighted by atomic mass is 10.1. The third-order valence-corrected chi connectivity index (χ3v) is 3.35. The van der Waals surface area contributed by atoms with Crippen LogP contribution in [-0.2, 0) is 0 Å². The van der Waals surface area contributed by atoms with Crippen LogP contribution in [-0.4, -0.2) is 40.6 Å². The largest absolute Gasteiger partial charge is 0.393 e. The monoisotopic (exact) mass is 292 g/mol. The Hall–Kier alpha value is -1.65. The van der Waals surface area contributed by atoms with Crippen LogP contribution in [0.3, 0.4) is 0 Å². The van der Waals surface area contributed by atoms with Crippen molar-refractivity contribution < 1.29 is 9.90 Å². The maximum Gasteiger partial charge on any atom is 0.255 e. The summed E-state index contributed by atoms with van der Waals surface area (Å²) in [7, 11) is 1.71. The number of halogens is 1. The number of aliphatic hydroxyl groups is 1. The van der Waals surface area contributed by atoms with Gasteiger partial charge < -0.3 is 10.0 Å². The average Bonchev–Trinajstić information content (AvgIpc) is 2.42. The van der Waals surface area contributed by atoms with Crippen molar-refractivity contribution in [2.24, 2.45) is 0 Å². The van der Waals surface area contributed by atoms with Crippen molar-refractivity contribution in [3.05, 3.63) is 41.0 Å². The van der Waals surface area contributed by atoms with E-state index in [0.29, 0.717) is 29.1 Å². The van der Waals surface area contributed by atoms with Gasteiger partial charge in [-0.05, 0) is 31.5 Å². The predicted octanol–water partition coefficient (Wildman–Crippen LogP) is 2.73. The van der Waals surface area contributed by atoms with Gasteiger partial charge in [-0.3, -0.25) is 9.78 Å². The number of pyridine rings is 1. The Balaban J connectivity index is 2.34. The number of rotatable bonds is 4. The first kappa shape index (κ1) is 14.8. The normalized spacial score (nSPS) is 12.4. The molecule has 0 saturated carbocycles. The molecule has 1 amide bonds. The average molecular weight is 293 g/mol. The maximum absolute atomic E-state index is 12.5. The molecule has 2 rings (SSSR count). The summed E-state index contributed by atoms with van der Waals surface area (Å²) in [5.74, 6) is -0.142. The molecule has 0 aliphatic rings.